The predicted octanol–water partition coefficient (Wildman–Crippen LogP) is 2.50. The van der Waals surface area contributed by atoms with Crippen molar-refractivity contribution in [2.75, 3.05) is 0 Å². The third-order valence-electron chi connectivity index (χ3n) is 0.982. The normalized spacial score (nSPS) is 21.8. The fourth-order valence-corrected chi connectivity index (χ4v) is 0.533. The fraction of sp³-hybridized carbons (Fsp3) is 0.250. The number of halogens is 2. The Morgan fingerprint density at radius 1 is 1.55 bits per heavy atom. The van der Waals surface area contributed by atoms with Gasteiger partial charge in [-0.05, 0) is 12.1 Å². The highest BCUT2D eigenvalue weighted by Gasteiger charge is 2.26. The van der Waals surface area contributed by atoms with Crippen molar-refractivity contribution in [1.82, 2.24) is 0 Å². The molecule has 0 saturated carbocycles. The molecule has 0 aliphatic heterocycles. The van der Waals surface area contributed by atoms with Crippen LogP contribution < -0.4 is 0 Å². The van der Waals surface area contributed by atoms with Crippen LogP contribution in [0, 0.1) is 0 Å². The van der Waals surface area contributed by atoms with Gasteiger partial charge in [-0.15, -0.1) is 0 Å². The van der Waals surface area contributed by atoms with Crippen molar-refractivity contribution in [3.63, 3.8) is 0 Å². The first-order valence-corrected chi connectivity index (χ1v) is 2.60. The Bertz CT molecular complexity index is 468. The second-order valence-electron chi connectivity index (χ2n) is 1.80. The second-order valence-corrected chi connectivity index (χ2v) is 1.80. The molecule has 0 bridgehead atoms. The molecule has 1 aromatic carbocycles. The highest BCUT2D eigenvalue weighted by atomic mass is 19.3. The van der Waals surface area contributed by atoms with Crippen molar-refractivity contribution in [2.45, 2.75) is 12.8 Å². The van der Waals surface area contributed by atoms with Crippen LogP contribution >= 0.6 is 0 Å². The summed E-state index contributed by atoms with van der Waals surface area (Å²) in [6.07, 6.45) is 0. The van der Waals surface area contributed by atoms with Gasteiger partial charge in [0.15, 0.2) is 0 Å². The molecular weight excluding hydrogens is 150 g/mol. The van der Waals surface area contributed by atoms with Crippen LogP contribution in [0.3, 0.4) is 0 Å². The van der Waals surface area contributed by atoms with Crippen molar-refractivity contribution in [3.8, 4) is 5.75 Å². The highest BCUT2D eigenvalue weighted by molar-refractivity contribution is 5.34. The number of phenols is 1. The molecule has 3 heteroatoms. The van der Waals surface area contributed by atoms with Gasteiger partial charge < -0.3 is 5.11 Å². The number of phenolic OH excluding ortho intramolecular Hbond substituents is 1. The van der Waals surface area contributed by atoms with Gasteiger partial charge in [0.25, 0.3) is 5.92 Å². The molecular formula is C8H8F2O. The lowest BCUT2D eigenvalue weighted by Crippen LogP contribution is -2.06. The number of hydrogen-bond donors (Lipinski definition) is 1. The summed E-state index contributed by atoms with van der Waals surface area (Å²) in [5.74, 6) is -6.03. The zero-order valence-electron chi connectivity index (χ0n) is 12.2. The van der Waals surface area contributed by atoms with Crippen LogP contribution in [-0.2, 0) is 5.92 Å². The quantitative estimate of drug-likeness (QED) is 0.677. The van der Waals surface area contributed by atoms with E-state index in [-0.39, 0.29) is 0 Å². The minimum atomic E-state index is -4.58. The average Bonchev–Trinajstić information content (AvgIpc) is 2.22. The van der Waals surface area contributed by atoms with Crippen LogP contribution in [0.15, 0.2) is 24.2 Å². The van der Waals surface area contributed by atoms with Gasteiger partial charge in [-0.25, -0.2) is 8.78 Å². The molecule has 0 saturated heterocycles. The van der Waals surface area contributed by atoms with E-state index in [2.05, 4.69) is 0 Å². The first-order chi connectivity index (χ1) is 7.93. The van der Waals surface area contributed by atoms with Crippen LogP contribution in [0.4, 0.5) is 8.78 Å². The maximum Gasteiger partial charge on any atom is 0.274 e. The van der Waals surface area contributed by atoms with Gasteiger partial charge in [-0.1, -0.05) is 12.1 Å². The van der Waals surface area contributed by atoms with Gasteiger partial charge in [-0.3, -0.25) is 0 Å². The number of benzene rings is 1. The van der Waals surface area contributed by atoms with Crippen LogP contribution in [0.25, 0.3) is 0 Å². The Morgan fingerprint density at radius 2 is 2.18 bits per heavy atom. The monoisotopic (exact) mass is 165 g/mol. The van der Waals surface area contributed by atoms with E-state index in [1.807, 2.05) is 0 Å². The van der Waals surface area contributed by atoms with Crippen molar-refractivity contribution >= 4 is 0 Å². The number of rotatable bonds is 1. The molecule has 0 spiro atoms. The van der Waals surface area contributed by atoms with Crippen molar-refractivity contribution < 1.29 is 23.5 Å². The summed E-state index contributed by atoms with van der Waals surface area (Å²) in [7, 11) is 0. The summed E-state index contributed by atoms with van der Waals surface area (Å²) in [5, 5.41) is 9.34. The Morgan fingerprint density at radius 3 is 2.82 bits per heavy atom. The zero-order chi connectivity index (χ0) is 14.5. The first-order valence-electron chi connectivity index (χ1n) is 6.10. The second kappa shape index (κ2) is 2.49. The minimum Gasteiger partial charge on any atom is -0.507 e. The van der Waals surface area contributed by atoms with Crippen LogP contribution in [0.1, 0.15) is 22.0 Å². The lowest BCUT2D eigenvalue weighted by Gasteiger charge is -2.11. The van der Waals surface area contributed by atoms with Gasteiger partial charge >= 0.3 is 0 Å². The number of para-hydroxylation sites is 1. The predicted molar refractivity (Wildman–Crippen MR) is 37.7 cm³/mol. The Kier molecular flexibility index (Phi) is 0.619. The molecule has 1 nitrogen and oxygen atoms in total. The fourth-order valence-electron chi connectivity index (χ4n) is 0.533. The van der Waals surface area contributed by atoms with Crippen molar-refractivity contribution in [3.05, 3.63) is 29.7 Å². The molecule has 60 valence electrons. The summed E-state index contributed by atoms with van der Waals surface area (Å²) in [4.78, 5) is 0. The van der Waals surface area contributed by atoms with Gasteiger partial charge in [-0.2, -0.15) is 0 Å². The summed E-state index contributed by atoms with van der Waals surface area (Å²) in [6, 6.07) is -4.32. The van der Waals surface area contributed by atoms with Crippen molar-refractivity contribution in [1.29, 1.82) is 0 Å². The third kappa shape index (κ3) is 1.67. The van der Waals surface area contributed by atoms with E-state index in [0.29, 0.717) is 0 Å². The van der Waals surface area contributed by atoms with E-state index in [1.54, 1.807) is 0 Å². The Hall–Kier alpha value is -1.12. The molecule has 0 aromatic heterocycles. The van der Waals surface area contributed by atoms with Gasteiger partial charge in [0.1, 0.15) is 5.75 Å². The standard InChI is InChI=1S/C8H8F2O/c1-8(9,10)6-4-2-3-5-7(6)11/h2-5,11H,1H3/i1D3,2D,3D,4D,5D. The van der Waals surface area contributed by atoms with E-state index in [4.69, 9.17) is 9.60 Å². The summed E-state index contributed by atoms with van der Waals surface area (Å²) < 4.78 is 76.0. The minimum absolute atomic E-state index is 0.914. The summed E-state index contributed by atoms with van der Waals surface area (Å²) >= 11 is 0. The van der Waals surface area contributed by atoms with E-state index in [9.17, 15) is 13.9 Å². The molecule has 0 aliphatic rings. The number of aromatic hydroxyl groups is 1. The van der Waals surface area contributed by atoms with E-state index >= 15 is 0 Å². The maximum atomic E-state index is 13.6. The van der Waals surface area contributed by atoms with E-state index in [1.165, 1.54) is 0 Å². The van der Waals surface area contributed by atoms with Gasteiger partial charge in [0, 0.05) is 11.0 Å². The molecule has 0 aliphatic carbocycles. The molecule has 0 amide bonds. The zero-order valence-corrected chi connectivity index (χ0v) is 5.20. The lowest BCUT2D eigenvalue weighted by atomic mass is 10.1. The largest absolute Gasteiger partial charge is 0.507 e. The van der Waals surface area contributed by atoms with E-state index < -0.39 is 48.3 Å². The smallest absolute Gasteiger partial charge is 0.274 e. The highest BCUT2D eigenvalue weighted by Crippen LogP contribution is 2.32. The molecule has 0 fully saturated rings. The summed E-state index contributed by atoms with van der Waals surface area (Å²) in [6.45, 7) is -3.83. The maximum absolute atomic E-state index is 13.6. The Balaban J connectivity index is 3.72. The van der Waals surface area contributed by atoms with Crippen LogP contribution in [0.2, 0.25) is 0 Å². The molecule has 1 rings (SSSR count). The topological polar surface area (TPSA) is 20.2 Å². The number of hydrogen-bond acceptors (Lipinski definition) is 1. The molecule has 1 N–H and O–H groups in total. The van der Waals surface area contributed by atoms with E-state index in [0.717, 1.165) is 0 Å². The molecule has 11 heavy (non-hydrogen) atoms. The van der Waals surface area contributed by atoms with Crippen LogP contribution in [-0.4, -0.2) is 5.11 Å². The average molecular weight is 165 g/mol. The molecule has 0 heterocycles. The van der Waals surface area contributed by atoms with Crippen molar-refractivity contribution in [2.24, 2.45) is 0 Å². The summed E-state index contributed by atoms with van der Waals surface area (Å²) in [5.41, 5.74) is -1.62. The SMILES string of the molecule is [2H]c1c([2H])c([2H])c(C(F)(F)C([2H])([2H])[2H])c(O)c1[2H]. The third-order valence-corrected chi connectivity index (χ3v) is 0.982. The van der Waals surface area contributed by atoms with Gasteiger partial charge in [0.05, 0.1) is 11.0 Å². The number of alkyl halides is 2. The first kappa shape index (κ1) is 2.73. The molecule has 0 radical (unpaired) electrons. The molecule has 0 atom stereocenters. The lowest BCUT2D eigenvalue weighted by molar-refractivity contribution is 0.0152. The molecule has 1 aromatic rings. The Labute approximate surface area is 73.1 Å². The molecule has 0 unspecified atom stereocenters. The van der Waals surface area contributed by atoms with Crippen LogP contribution in [0.5, 0.6) is 5.75 Å². The van der Waals surface area contributed by atoms with Gasteiger partial charge in [0.2, 0.25) is 0 Å².